The minimum absolute atomic E-state index is 0.0586. The van der Waals surface area contributed by atoms with Crippen molar-refractivity contribution in [3.8, 4) is 0 Å². The fourth-order valence-electron chi connectivity index (χ4n) is 1.98. The van der Waals surface area contributed by atoms with Crippen molar-refractivity contribution in [1.82, 2.24) is 10.2 Å². The van der Waals surface area contributed by atoms with E-state index >= 15 is 0 Å². The predicted octanol–water partition coefficient (Wildman–Crippen LogP) is 2.03. The standard InChI is InChI=1S/C18H27N3O3/c1-13(2)10-17(22)24-12-14-6-7-15(19-3)11-16(14)18(23)20-8-9-21(4)5/h6-7,10-11,19H,8-9,12H2,1-5H3,(H,20,23). The number of allylic oxidation sites excluding steroid dienone is 1. The summed E-state index contributed by atoms with van der Waals surface area (Å²) in [5.41, 5.74) is 2.87. The zero-order chi connectivity index (χ0) is 18.1. The summed E-state index contributed by atoms with van der Waals surface area (Å²) in [4.78, 5) is 26.1. The Bertz CT molecular complexity index is 606. The summed E-state index contributed by atoms with van der Waals surface area (Å²) < 4.78 is 5.22. The lowest BCUT2D eigenvalue weighted by molar-refractivity contribution is -0.139. The molecule has 0 heterocycles. The van der Waals surface area contributed by atoms with Crippen molar-refractivity contribution >= 4 is 17.6 Å². The Kier molecular flexibility index (Phi) is 7.98. The summed E-state index contributed by atoms with van der Waals surface area (Å²) in [5.74, 6) is -0.589. The van der Waals surface area contributed by atoms with Crippen LogP contribution in [0.4, 0.5) is 5.69 Å². The van der Waals surface area contributed by atoms with E-state index in [4.69, 9.17) is 4.74 Å². The van der Waals surface area contributed by atoms with E-state index in [0.29, 0.717) is 17.7 Å². The maximum atomic E-state index is 12.4. The van der Waals surface area contributed by atoms with Gasteiger partial charge in [0.15, 0.2) is 0 Å². The molecule has 2 N–H and O–H groups in total. The Balaban J connectivity index is 2.85. The summed E-state index contributed by atoms with van der Waals surface area (Å²) in [7, 11) is 5.68. The van der Waals surface area contributed by atoms with Crippen LogP contribution in [0.2, 0.25) is 0 Å². The van der Waals surface area contributed by atoms with Crippen LogP contribution in [0.5, 0.6) is 0 Å². The molecule has 6 nitrogen and oxygen atoms in total. The Morgan fingerprint density at radius 3 is 2.54 bits per heavy atom. The first kappa shape index (κ1) is 19.7. The summed E-state index contributed by atoms with van der Waals surface area (Å²) in [6.07, 6.45) is 1.43. The maximum Gasteiger partial charge on any atom is 0.331 e. The first-order valence-electron chi connectivity index (χ1n) is 7.88. The zero-order valence-electron chi connectivity index (χ0n) is 15.1. The molecular formula is C18H27N3O3. The fraction of sp³-hybridized carbons (Fsp3) is 0.444. The molecule has 0 bridgehead atoms. The van der Waals surface area contributed by atoms with Crippen LogP contribution in [-0.4, -0.2) is 51.0 Å². The minimum atomic E-state index is -0.411. The third-order valence-corrected chi connectivity index (χ3v) is 3.26. The highest BCUT2D eigenvalue weighted by molar-refractivity contribution is 5.96. The first-order chi connectivity index (χ1) is 11.3. The molecule has 132 valence electrons. The highest BCUT2D eigenvalue weighted by Gasteiger charge is 2.13. The molecule has 1 aromatic rings. The van der Waals surface area contributed by atoms with Crippen molar-refractivity contribution in [3.05, 3.63) is 41.0 Å². The van der Waals surface area contributed by atoms with Crippen molar-refractivity contribution in [2.75, 3.05) is 39.5 Å². The molecule has 1 amide bonds. The van der Waals surface area contributed by atoms with Gasteiger partial charge in [0.25, 0.3) is 5.91 Å². The van der Waals surface area contributed by atoms with Gasteiger partial charge in [0.2, 0.25) is 0 Å². The number of rotatable bonds is 8. The largest absolute Gasteiger partial charge is 0.458 e. The molecule has 6 heteroatoms. The molecule has 0 aliphatic rings. The third kappa shape index (κ3) is 6.83. The molecule has 0 saturated carbocycles. The molecule has 0 radical (unpaired) electrons. The van der Waals surface area contributed by atoms with Gasteiger partial charge in [-0.1, -0.05) is 11.6 Å². The van der Waals surface area contributed by atoms with Gasteiger partial charge in [-0.2, -0.15) is 0 Å². The monoisotopic (exact) mass is 333 g/mol. The van der Waals surface area contributed by atoms with Crippen molar-refractivity contribution < 1.29 is 14.3 Å². The fourth-order valence-corrected chi connectivity index (χ4v) is 1.98. The smallest absolute Gasteiger partial charge is 0.331 e. The normalized spacial score (nSPS) is 10.2. The number of nitrogens with zero attached hydrogens (tertiary/aromatic N) is 1. The van der Waals surface area contributed by atoms with Gasteiger partial charge in [0.05, 0.1) is 0 Å². The average Bonchev–Trinajstić information content (AvgIpc) is 2.51. The molecule has 24 heavy (non-hydrogen) atoms. The van der Waals surface area contributed by atoms with E-state index in [2.05, 4.69) is 10.6 Å². The number of hydrogen-bond acceptors (Lipinski definition) is 5. The number of esters is 1. The van der Waals surface area contributed by atoms with Gasteiger partial charge < -0.3 is 20.3 Å². The second kappa shape index (κ2) is 9.72. The molecule has 0 fully saturated rings. The number of anilines is 1. The molecule has 0 atom stereocenters. The Morgan fingerprint density at radius 1 is 1.25 bits per heavy atom. The van der Waals surface area contributed by atoms with Crippen LogP contribution >= 0.6 is 0 Å². The van der Waals surface area contributed by atoms with Crippen LogP contribution in [0.3, 0.4) is 0 Å². The molecule has 0 aliphatic carbocycles. The zero-order valence-corrected chi connectivity index (χ0v) is 15.1. The van der Waals surface area contributed by atoms with E-state index in [9.17, 15) is 9.59 Å². The SMILES string of the molecule is CNc1ccc(COC(=O)C=C(C)C)c(C(=O)NCCN(C)C)c1. The number of carbonyl (C=O) groups is 2. The van der Waals surface area contributed by atoms with E-state index in [1.54, 1.807) is 19.2 Å². The third-order valence-electron chi connectivity index (χ3n) is 3.26. The van der Waals surface area contributed by atoms with Gasteiger partial charge in [0, 0.05) is 43.0 Å². The molecule has 1 rings (SSSR count). The van der Waals surface area contributed by atoms with Crippen LogP contribution in [0.1, 0.15) is 29.8 Å². The van der Waals surface area contributed by atoms with E-state index in [1.807, 2.05) is 38.9 Å². The second-order valence-electron chi connectivity index (χ2n) is 6.01. The summed E-state index contributed by atoms with van der Waals surface area (Å²) in [6, 6.07) is 5.40. The van der Waals surface area contributed by atoms with Crippen LogP contribution in [-0.2, 0) is 16.1 Å². The van der Waals surface area contributed by atoms with Gasteiger partial charge in [-0.05, 0) is 40.1 Å². The summed E-state index contributed by atoms with van der Waals surface area (Å²) >= 11 is 0. The van der Waals surface area contributed by atoms with Crippen molar-refractivity contribution in [2.24, 2.45) is 0 Å². The number of nitrogens with one attached hydrogen (secondary N) is 2. The Labute approximate surface area is 143 Å². The molecule has 0 spiro atoms. The van der Waals surface area contributed by atoms with Crippen LogP contribution < -0.4 is 10.6 Å². The lowest BCUT2D eigenvalue weighted by Crippen LogP contribution is -2.32. The van der Waals surface area contributed by atoms with Gasteiger partial charge >= 0.3 is 5.97 Å². The number of amides is 1. The number of carbonyl (C=O) groups excluding carboxylic acids is 2. The van der Waals surface area contributed by atoms with Crippen molar-refractivity contribution in [1.29, 1.82) is 0 Å². The summed E-state index contributed by atoms with van der Waals surface area (Å²) in [5, 5.41) is 5.89. The maximum absolute atomic E-state index is 12.4. The number of hydrogen-bond donors (Lipinski definition) is 2. The van der Waals surface area contributed by atoms with Gasteiger partial charge in [0.1, 0.15) is 6.61 Å². The van der Waals surface area contributed by atoms with Crippen LogP contribution in [0.25, 0.3) is 0 Å². The Morgan fingerprint density at radius 2 is 1.96 bits per heavy atom. The lowest BCUT2D eigenvalue weighted by Gasteiger charge is -2.14. The topological polar surface area (TPSA) is 70.7 Å². The van der Waals surface area contributed by atoms with Gasteiger partial charge in [-0.3, -0.25) is 4.79 Å². The lowest BCUT2D eigenvalue weighted by atomic mass is 10.1. The number of ether oxygens (including phenoxy) is 1. The van der Waals surface area contributed by atoms with E-state index in [1.165, 1.54) is 6.08 Å². The molecule has 0 aliphatic heterocycles. The van der Waals surface area contributed by atoms with E-state index in [-0.39, 0.29) is 12.5 Å². The average molecular weight is 333 g/mol. The van der Waals surface area contributed by atoms with Gasteiger partial charge in [-0.25, -0.2) is 4.79 Å². The van der Waals surface area contributed by atoms with E-state index in [0.717, 1.165) is 17.8 Å². The first-order valence-corrected chi connectivity index (χ1v) is 7.88. The van der Waals surface area contributed by atoms with E-state index < -0.39 is 5.97 Å². The number of benzene rings is 1. The molecule has 1 aromatic carbocycles. The highest BCUT2D eigenvalue weighted by atomic mass is 16.5. The second-order valence-corrected chi connectivity index (χ2v) is 6.01. The highest BCUT2D eigenvalue weighted by Crippen LogP contribution is 2.17. The van der Waals surface area contributed by atoms with Gasteiger partial charge in [-0.15, -0.1) is 0 Å². The van der Waals surface area contributed by atoms with Crippen molar-refractivity contribution in [2.45, 2.75) is 20.5 Å². The van der Waals surface area contributed by atoms with Crippen LogP contribution in [0.15, 0.2) is 29.8 Å². The quantitative estimate of drug-likeness (QED) is 0.563. The molecule has 0 aromatic heterocycles. The molecule has 0 saturated heterocycles. The molecule has 0 unspecified atom stereocenters. The minimum Gasteiger partial charge on any atom is -0.458 e. The van der Waals surface area contributed by atoms with Crippen molar-refractivity contribution in [3.63, 3.8) is 0 Å². The predicted molar refractivity (Wildman–Crippen MR) is 96.1 cm³/mol. The Hall–Kier alpha value is -2.34. The number of likely N-dealkylation sites (N-methyl/N-ethyl adjacent to an activating group) is 1. The summed E-state index contributed by atoms with van der Waals surface area (Å²) in [6.45, 7) is 5.01. The van der Waals surface area contributed by atoms with Crippen LogP contribution in [0, 0.1) is 0 Å². The molecular weight excluding hydrogens is 306 g/mol.